The molecular formula is C16H18N6O4S. The van der Waals surface area contributed by atoms with Gasteiger partial charge in [0.15, 0.2) is 16.7 Å². The minimum atomic E-state index is -0.445. The van der Waals surface area contributed by atoms with Crippen LogP contribution < -0.4 is 17.0 Å². The summed E-state index contributed by atoms with van der Waals surface area (Å²) in [7, 11) is 3.03. The van der Waals surface area contributed by atoms with Crippen molar-refractivity contribution in [3.63, 3.8) is 0 Å². The van der Waals surface area contributed by atoms with Gasteiger partial charge in [0.25, 0.3) is 5.56 Å². The van der Waals surface area contributed by atoms with Gasteiger partial charge in [-0.25, -0.2) is 4.79 Å². The number of furan rings is 1. The van der Waals surface area contributed by atoms with E-state index in [4.69, 9.17) is 10.2 Å². The normalized spacial score (nSPS) is 11.0. The molecule has 0 aliphatic carbocycles. The molecule has 0 aromatic carbocycles. The summed E-state index contributed by atoms with van der Waals surface area (Å²) in [6.45, 7) is 0.288. The van der Waals surface area contributed by atoms with E-state index in [-0.39, 0.29) is 18.5 Å². The molecule has 1 amide bonds. The highest BCUT2D eigenvalue weighted by Gasteiger charge is 2.17. The van der Waals surface area contributed by atoms with Crippen molar-refractivity contribution in [2.45, 2.75) is 23.9 Å². The third-order valence-corrected chi connectivity index (χ3v) is 5.02. The maximum atomic E-state index is 12.0. The molecule has 142 valence electrons. The summed E-state index contributed by atoms with van der Waals surface area (Å²) in [5, 5.41) is 8.81. The first-order chi connectivity index (χ1) is 12.9. The third-order valence-electron chi connectivity index (χ3n) is 4.01. The molecule has 0 saturated heterocycles. The quantitative estimate of drug-likeness (QED) is 0.566. The smallest absolute Gasteiger partial charge is 0.330 e. The van der Waals surface area contributed by atoms with Crippen LogP contribution in [0.25, 0.3) is 11.6 Å². The average Bonchev–Trinajstić information content (AvgIpc) is 3.29. The van der Waals surface area contributed by atoms with E-state index in [0.29, 0.717) is 28.2 Å². The first-order valence-electron chi connectivity index (χ1n) is 8.02. The Kier molecular flexibility index (Phi) is 5.31. The monoisotopic (exact) mass is 390 g/mol. The van der Waals surface area contributed by atoms with Crippen molar-refractivity contribution in [2.24, 2.45) is 19.8 Å². The van der Waals surface area contributed by atoms with Crippen molar-refractivity contribution >= 4 is 17.7 Å². The molecule has 10 nitrogen and oxygen atoms in total. The number of thioether (sulfide) groups is 1. The number of amides is 1. The largest absolute Gasteiger partial charge is 0.461 e. The van der Waals surface area contributed by atoms with Gasteiger partial charge < -0.3 is 10.2 Å². The molecule has 0 atom stereocenters. The standard InChI is InChI=1S/C16H18N6O4S/c1-20-10(8-13(24)21(2)16(20)25)9-27-15-19-18-14(11-4-3-7-26-11)22(15)6-5-12(17)23/h3-4,7-8H,5-6,9H2,1-2H3,(H2,17,23). The summed E-state index contributed by atoms with van der Waals surface area (Å²) in [4.78, 5) is 35.1. The lowest BCUT2D eigenvalue weighted by Gasteiger charge is -2.10. The van der Waals surface area contributed by atoms with Gasteiger partial charge in [-0.15, -0.1) is 10.2 Å². The molecule has 3 aromatic heterocycles. The minimum absolute atomic E-state index is 0.115. The Morgan fingerprint density at radius 1 is 1.26 bits per heavy atom. The highest BCUT2D eigenvalue weighted by molar-refractivity contribution is 7.98. The Balaban J connectivity index is 1.90. The van der Waals surface area contributed by atoms with Crippen LogP contribution in [-0.2, 0) is 31.2 Å². The molecule has 0 unspecified atom stereocenters. The summed E-state index contributed by atoms with van der Waals surface area (Å²) < 4.78 is 9.55. The number of aromatic nitrogens is 5. The SMILES string of the molecule is Cn1c(CSc2nnc(-c3ccco3)n2CCC(N)=O)cc(=O)n(C)c1=O. The van der Waals surface area contributed by atoms with Crippen LogP contribution in [0, 0.1) is 0 Å². The zero-order valence-corrected chi connectivity index (χ0v) is 15.6. The summed E-state index contributed by atoms with van der Waals surface area (Å²) in [6, 6.07) is 4.88. The van der Waals surface area contributed by atoms with Crippen LogP contribution in [-0.4, -0.2) is 29.8 Å². The Bertz CT molecular complexity index is 1080. The highest BCUT2D eigenvalue weighted by atomic mass is 32.2. The molecule has 2 N–H and O–H groups in total. The van der Waals surface area contributed by atoms with E-state index in [1.54, 1.807) is 23.7 Å². The number of hydrogen-bond acceptors (Lipinski definition) is 7. The van der Waals surface area contributed by atoms with Gasteiger partial charge in [-0.2, -0.15) is 0 Å². The van der Waals surface area contributed by atoms with Crippen LogP contribution in [0.3, 0.4) is 0 Å². The number of carbonyl (C=O) groups excluding carboxylic acids is 1. The molecule has 0 radical (unpaired) electrons. The Hall–Kier alpha value is -3.08. The summed E-state index contributed by atoms with van der Waals surface area (Å²) in [6.07, 6.45) is 1.63. The molecule has 0 aliphatic heterocycles. The fraction of sp³-hybridized carbons (Fsp3) is 0.312. The van der Waals surface area contributed by atoms with Crippen molar-refractivity contribution in [2.75, 3.05) is 0 Å². The molecule has 3 aromatic rings. The maximum Gasteiger partial charge on any atom is 0.330 e. The van der Waals surface area contributed by atoms with Gasteiger partial charge in [0, 0.05) is 44.6 Å². The first-order valence-corrected chi connectivity index (χ1v) is 9.01. The lowest BCUT2D eigenvalue weighted by molar-refractivity contribution is -0.118. The van der Waals surface area contributed by atoms with Gasteiger partial charge in [-0.1, -0.05) is 11.8 Å². The molecule has 0 aliphatic rings. The van der Waals surface area contributed by atoms with E-state index >= 15 is 0 Å². The van der Waals surface area contributed by atoms with Crippen LogP contribution in [0.2, 0.25) is 0 Å². The number of hydrogen-bond donors (Lipinski definition) is 1. The molecule has 0 saturated carbocycles. The van der Waals surface area contributed by atoms with Crippen molar-refractivity contribution in [1.29, 1.82) is 0 Å². The van der Waals surface area contributed by atoms with Crippen molar-refractivity contribution in [3.8, 4) is 11.6 Å². The number of carbonyl (C=O) groups is 1. The number of rotatable bonds is 7. The molecule has 0 fully saturated rings. The zero-order valence-electron chi connectivity index (χ0n) is 14.8. The molecule has 3 rings (SSSR count). The van der Waals surface area contributed by atoms with Gasteiger partial charge in [0.2, 0.25) is 5.91 Å². The second-order valence-electron chi connectivity index (χ2n) is 5.81. The second-order valence-corrected chi connectivity index (χ2v) is 6.76. The van der Waals surface area contributed by atoms with E-state index in [2.05, 4.69) is 10.2 Å². The van der Waals surface area contributed by atoms with Crippen molar-refractivity contribution in [3.05, 3.63) is 51.0 Å². The molecule has 3 heterocycles. The maximum absolute atomic E-state index is 12.0. The van der Waals surface area contributed by atoms with Gasteiger partial charge in [-0.3, -0.25) is 23.3 Å². The average molecular weight is 390 g/mol. The van der Waals surface area contributed by atoms with Crippen molar-refractivity contribution < 1.29 is 9.21 Å². The van der Waals surface area contributed by atoms with E-state index in [9.17, 15) is 14.4 Å². The van der Waals surface area contributed by atoms with E-state index in [0.717, 1.165) is 4.57 Å². The topological polar surface area (TPSA) is 131 Å². The van der Waals surface area contributed by atoms with Crippen LogP contribution in [0.15, 0.2) is 43.6 Å². The van der Waals surface area contributed by atoms with E-state index in [1.165, 1.54) is 35.7 Å². The Labute approximate surface area is 157 Å². The van der Waals surface area contributed by atoms with Crippen LogP contribution in [0.5, 0.6) is 0 Å². The van der Waals surface area contributed by atoms with Gasteiger partial charge in [0.05, 0.1) is 6.26 Å². The van der Waals surface area contributed by atoms with Gasteiger partial charge >= 0.3 is 5.69 Å². The zero-order chi connectivity index (χ0) is 19.6. The molecule has 0 spiro atoms. The van der Waals surface area contributed by atoms with E-state index in [1.807, 2.05) is 0 Å². The molecule has 27 heavy (non-hydrogen) atoms. The second kappa shape index (κ2) is 7.66. The molecule has 11 heteroatoms. The summed E-state index contributed by atoms with van der Waals surface area (Å²) >= 11 is 1.30. The lowest BCUT2D eigenvalue weighted by Crippen LogP contribution is -2.37. The lowest BCUT2D eigenvalue weighted by atomic mass is 10.3. The van der Waals surface area contributed by atoms with Gasteiger partial charge in [-0.05, 0) is 12.1 Å². The Morgan fingerprint density at radius 2 is 2.04 bits per heavy atom. The summed E-state index contributed by atoms with van der Waals surface area (Å²) in [5.74, 6) is 0.870. The summed E-state index contributed by atoms with van der Waals surface area (Å²) in [5.41, 5.74) is 5.04. The number of primary amides is 1. The predicted molar refractivity (Wildman–Crippen MR) is 98.0 cm³/mol. The minimum Gasteiger partial charge on any atom is -0.461 e. The number of nitrogens with zero attached hydrogens (tertiary/aromatic N) is 5. The van der Waals surface area contributed by atoms with Crippen molar-refractivity contribution in [1.82, 2.24) is 23.9 Å². The van der Waals surface area contributed by atoms with Crippen LogP contribution >= 0.6 is 11.8 Å². The first kappa shape index (κ1) is 18.7. The van der Waals surface area contributed by atoms with Crippen LogP contribution in [0.4, 0.5) is 0 Å². The predicted octanol–water partition coefficient (Wildman–Crippen LogP) is 0.103. The Morgan fingerprint density at radius 3 is 2.70 bits per heavy atom. The van der Waals surface area contributed by atoms with E-state index < -0.39 is 11.6 Å². The van der Waals surface area contributed by atoms with Crippen LogP contribution in [0.1, 0.15) is 12.1 Å². The number of nitrogens with two attached hydrogens (primary N) is 1. The molecular weight excluding hydrogens is 372 g/mol. The third kappa shape index (κ3) is 3.87. The highest BCUT2D eigenvalue weighted by Crippen LogP contribution is 2.26. The molecule has 0 bridgehead atoms. The fourth-order valence-electron chi connectivity index (χ4n) is 2.46. The fourth-order valence-corrected chi connectivity index (χ4v) is 3.45. The van der Waals surface area contributed by atoms with Gasteiger partial charge in [0.1, 0.15) is 0 Å².